The van der Waals surface area contributed by atoms with Crippen molar-refractivity contribution in [1.82, 2.24) is 0 Å². The number of benzene rings is 3. The van der Waals surface area contributed by atoms with Crippen molar-refractivity contribution in [3.05, 3.63) is 78.4 Å². The third-order valence-corrected chi connectivity index (χ3v) is 6.34. The number of nitrogens with zero attached hydrogens (tertiary/aromatic N) is 3. The van der Waals surface area contributed by atoms with Crippen LogP contribution in [0.2, 0.25) is 0 Å². The number of phenols is 1. The molecule has 0 aromatic heterocycles. The molecule has 36 heavy (non-hydrogen) atoms. The highest BCUT2D eigenvalue weighted by Gasteiger charge is 2.40. The van der Waals surface area contributed by atoms with E-state index in [9.17, 15) is 14.7 Å². The van der Waals surface area contributed by atoms with Crippen molar-refractivity contribution in [3.8, 4) is 17.2 Å². The Kier molecular flexibility index (Phi) is 7.86. The van der Waals surface area contributed by atoms with E-state index in [-0.39, 0.29) is 24.0 Å². The van der Waals surface area contributed by atoms with Gasteiger partial charge in [-0.15, -0.1) is 5.10 Å². The Labute approximate surface area is 212 Å². The largest absolute Gasteiger partial charge is 0.508 e. The number of hydrogen-bond donors (Lipinski definition) is 2. The van der Waals surface area contributed by atoms with Crippen molar-refractivity contribution in [2.75, 3.05) is 24.4 Å². The number of thioether (sulfide) groups is 1. The monoisotopic (exact) mass is 504 g/mol. The SMILES string of the molecule is COc1ccc(C=NN=C2SC(CC(=O)Nc3ccccc3)C(=O)N2c2cccc(O)c2)cc1OC. The van der Waals surface area contributed by atoms with Crippen molar-refractivity contribution in [3.63, 3.8) is 0 Å². The molecule has 0 radical (unpaired) electrons. The second-order valence-corrected chi connectivity index (χ2v) is 8.83. The highest BCUT2D eigenvalue weighted by Crippen LogP contribution is 2.35. The van der Waals surface area contributed by atoms with Crippen LogP contribution in [0.5, 0.6) is 17.2 Å². The predicted molar refractivity (Wildman–Crippen MR) is 141 cm³/mol. The Morgan fingerprint density at radius 1 is 1.06 bits per heavy atom. The van der Waals surface area contributed by atoms with Gasteiger partial charge in [0.15, 0.2) is 16.7 Å². The number of hydrogen-bond acceptors (Lipinski definition) is 8. The fraction of sp³-hybridized carbons (Fsp3) is 0.154. The molecule has 1 fully saturated rings. The van der Waals surface area contributed by atoms with E-state index in [2.05, 4.69) is 15.5 Å². The molecule has 0 spiro atoms. The summed E-state index contributed by atoms with van der Waals surface area (Å²) in [5.41, 5.74) is 1.80. The predicted octanol–water partition coefficient (Wildman–Crippen LogP) is 4.28. The summed E-state index contributed by atoms with van der Waals surface area (Å²) < 4.78 is 10.6. The summed E-state index contributed by atoms with van der Waals surface area (Å²) >= 11 is 1.14. The number of ether oxygens (including phenoxy) is 2. The van der Waals surface area contributed by atoms with Crippen molar-refractivity contribution in [1.29, 1.82) is 0 Å². The summed E-state index contributed by atoms with van der Waals surface area (Å²) in [4.78, 5) is 27.2. The normalized spacial score (nSPS) is 16.5. The lowest BCUT2D eigenvalue weighted by Gasteiger charge is -2.16. The van der Waals surface area contributed by atoms with Gasteiger partial charge in [-0.2, -0.15) is 5.10 Å². The Morgan fingerprint density at radius 3 is 2.56 bits per heavy atom. The van der Waals surface area contributed by atoms with Gasteiger partial charge in [-0.3, -0.25) is 14.5 Å². The zero-order valence-corrected chi connectivity index (χ0v) is 20.4. The number of carbonyl (C=O) groups is 2. The van der Waals surface area contributed by atoms with Crippen LogP contribution in [0.3, 0.4) is 0 Å². The molecule has 2 N–H and O–H groups in total. The average Bonchev–Trinajstić information content (AvgIpc) is 3.18. The number of anilines is 2. The number of phenolic OH excluding ortho intramolecular Hbond substituents is 1. The van der Waals surface area contributed by atoms with Gasteiger partial charge < -0.3 is 19.9 Å². The minimum absolute atomic E-state index is 0.00347. The van der Waals surface area contributed by atoms with Crippen LogP contribution in [0, 0.1) is 0 Å². The van der Waals surface area contributed by atoms with Crippen LogP contribution in [0.4, 0.5) is 11.4 Å². The summed E-state index contributed by atoms with van der Waals surface area (Å²) in [6, 6.07) is 20.6. The zero-order valence-electron chi connectivity index (χ0n) is 19.6. The molecule has 1 aliphatic rings. The number of nitrogens with one attached hydrogen (secondary N) is 1. The van der Waals surface area contributed by atoms with E-state index < -0.39 is 5.25 Å². The van der Waals surface area contributed by atoms with Gasteiger partial charge in [-0.25, -0.2) is 0 Å². The number of amides is 2. The first-order chi connectivity index (χ1) is 17.5. The van der Waals surface area contributed by atoms with Crippen LogP contribution in [0.25, 0.3) is 0 Å². The first-order valence-corrected chi connectivity index (χ1v) is 11.8. The highest BCUT2D eigenvalue weighted by molar-refractivity contribution is 8.16. The standard InChI is InChI=1S/C26H24N4O5S/c1-34-21-12-11-17(13-22(21)35-2)16-27-29-26-30(19-9-6-10-20(31)14-19)25(33)23(36-26)15-24(32)28-18-7-4-3-5-8-18/h3-14,16,23,31H,15H2,1-2H3,(H,28,32). The molecule has 1 aliphatic heterocycles. The molecule has 3 aromatic carbocycles. The van der Waals surface area contributed by atoms with Crippen LogP contribution in [-0.4, -0.2) is 47.8 Å². The summed E-state index contributed by atoms with van der Waals surface area (Å²) in [6.07, 6.45) is 1.47. The molecule has 184 valence electrons. The van der Waals surface area contributed by atoms with E-state index in [4.69, 9.17) is 9.47 Å². The second-order valence-electron chi connectivity index (χ2n) is 7.66. The molecular weight excluding hydrogens is 480 g/mol. The fourth-order valence-electron chi connectivity index (χ4n) is 3.52. The smallest absolute Gasteiger partial charge is 0.247 e. The van der Waals surface area contributed by atoms with Crippen LogP contribution in [0.15, 0.2) is 83.0 Å². The van der Waals surface area contributed by atoms with Crippen LogP contribution >= 0.6 is 11.8 Å². The van der Waals surface area contributed by atoms with Gasteiger partial charge in [-0.05, 0) is 48.0 Å². The molecule has 0 aliphatic carbocycles. The molecular formula is C26H24N4O5S. The maximum Gasteiger partial charge on any atom is 0.247 e. The Bertz CT molecular complexity index is 1310. The van der Waals surface area contributed by atoms with Crippen LogP contribution < -0.4 is 19.7 Å². The zero-order chi connectivity index (χ0) is 25.5. The Balaban J connectivity index is 1.57. The van der Waals surface area contributed by atoms with Crippen molar-refractivity contribution < 1.29 is 24.2 Å². The lowest BCUT2D eigenvalue weighted by atomic mass is 10.2. The number of para-hydroxylation sites is 1. The van der Waals surface area contributed by atoms with Crippen LogP contribution in [0.1, 0.15) is 12.0 Å². The van der Waals surface area contributed by atoms with E-state index in [1.807, 2.05) is 18.2 Å². The molecule has 9 nitrogen and oxygen atoms in total. The van der Waals surface area contributed by atoms with Crippen LogP contribution in [-0.2, 0) is 9.59 Å². The fourth-order valence-corrected chi connectivity index (χ4v) is 4.61. The van der Waals surface area contributed by atoms with Gasteiger partial charge in [0.25, 0.3) is 0 Å². The maximum absolute atomic E-state index is 13.3. The third-order valence-electron chi connectivity index (χ3n) is 5.21. The molecule has 0 saturated carbocycles. The van der Waals surface area contributed by atoms with E-state index in [0.29, 0.717) is 33.6 Å². The topological polar surface area (TPSA) is 113 Å². The number of amidine groups is 1. The second kappa shape index (κ2) is 11.4. The third kappa shape index (κ3) is 5.84. The van der Waals surface area contributed by atoms with Gasteiger partial charge in [0.2, 0.25) is 11.8 Å². The summed E-state index contributed by atoms with van der Waals surface area (Å²) in [6.45, 7) is 0. The summed E-state index contributed by atoms with van der Waals surface area (Å²) in [5.74, 6) is 0.519. The molecule has 10 heteroatoms. The van der Waals surface area contributed by atoms with Crippen molar-refractivity contribution in [2.24, 2.45) is 10.2 Å². The molecule has 3 aromatic rings. The molecule has 2 amide bonds. The molecule has 0 bridgehead atoms. The molecule has 1 unspecified atom stereocenters. The molecule has 1 heterocycles. The molecule has 1 saturated heterocycles. The summed E-state index contributed by atoms with van der Waals surface area (Å²) in [7, 11) is 3.10. The Morgan fingerprint density at radius 2 is 1.83 bits per heavy atom. The van der Waals surface area contributed by atoms with Gasteiger partial charge in [0.1, 0.15) is 11.0 Å². The van der Waals surface area contributed by atoms with E-state index in [0.717, 1.165) is 11.8 Å². The maximum atomic E-state index is 13.3. The van der Waals surface area contributed by atoms with E-state index in [1.54, 1.807) is 56.7 Å². The summed E-state index contributed by atoms with van der Waals surface area (Å²) in [5, 5.41) is 20.7. The van der Waals surface area contributed by atoms with Gasteiger partial charge in [0.05, 0.1) is 26.1 Å². The van der Waals surface area contributed by atoms with Crippen molar-refractivity contribution >= 4 is 46.3 Å². The van der Waals surface area contributed by atoms with Gasteiger partial charge in [-0.1, -0.05) is 36.0 Å². The first-order valence-electron chi connectivity index (χ1n) is 11.0. The number of rotatable bonds is 8. The first kappa shape index (κ1) is 24.8. The molecule has 4 rings (SSSR count). The minimum atomic E-state index is -0.703. The molecule has 1 atom stereocenters. The minimum Gasteiger partial charge on any atom is -0.508 e. The van der Waals surface area contributed by atoms with E-state index >= 15 is 0 Å². The van der Waals surface area contributed by atoms with Crippen molar-refractivity contribution in [2.45, 2.75) is 11.7 Å². The van der Waals surface area contributed by atoms with Gasteiger partial charge in [0, 0.05) is 18.2 Å². The quantitative estimate of drug-likeness (QED) is 0.350. The number of aromatic hydroxyl groups is 1. The Hall–Kier alpha value is -4.31. The average molecular weight is 505 g/mol. The number of methoxy groups -OCH3 is 2. The van der Waals surface area contributed by atoms with E-state index in [1.165, 1.54) is 23.2 Å². The lowest BCUT2D eigenvalue weighted by Crippen LogP contribution is -2.33. The van der Waals surface area contributed by atoms with Gasteiger partial charge >= 0.3 is 0 Å². The highest BCUT2D eigenvalue weighted by atomic mass is 32.2. The lowest BCUT2D eigenvalue weighted by molar-refractivity contribution is -0.121. The number of carbonyl (C=O) groups excluding carboxylic acids is 2.